The standard InChI is InChI=1S/C11H11ClF3N/c1-16-6-2-3-8-4-5-9(12)7-10(8)11(13,14)15/h2-5,7,16H,6H2,1H3. The normalized spacial score (nSPS) is 12.3. The van der Waals surface area contributed by atoms with Crippen molar-refractivity contribution in [3.8, 4) is 0 Å². The van der Waals surface area contributed by atoms with Crippen LogP contribution in [0.25, 0.3) is 6.08 Å². The van der Waals surface area contributed by atoms with Crippen molar-refractivity contribution in [2.45, 2.75) is 6.18 Å². The van der Waals surface area contributed by atoms with Gasteiger partial charge in [0.2, 0.25) is 0 Å². The third kappa shape index (κ3) is 3.54. The molecule has 0 spiro atoms. The van der Waals surface area contributed by atoms with E-state index in [1.165, 1.54) is 18.2 Å². The smallest absolute Gasteiger partial charge is 0.316 e. The maximum Gasteiger partial charge on any atom is 0.417 e. The molecule has 16 heavy (non-hydrogen) atoms. The molecule has 1 nitrogen and oxygen atoms in total. The highest BCUT2D eigenvalue weighted by Gasteiger charge is 2.32. The number of nitrogens with one attached hydrogen (secondary N) is 1. The molecule has 0 aliphatic rings. The second kappa shape index (κ2) is 5.37. The third-order valence-electron chi connectivity index (χ3n) is 1.94. The maximum atomic E-state index is 12.6. The Balaban J connectivity index is 3.08. The quantitative estimate of drug-likeness (QED) is 0.863. The van der Waals surface area contributed by atoms with E-state index < -0.39 is 11.7 Å². The molecule has 0 amide bonds. The largest absolute Gasteiger partial charge is 0.417 e. The van der Waals surface area contributed by atoms with E-state index in [0.717, 1.165) is 6.07 Å². The number of alkyl halides is 3. The van der Waals surface area contributed by atoms with Crippen LogP contribution < -0.4 is 5.32 Å². The fourth-order valence-corrected chi connectivity index (χ4v) is 1.40. The van der Waals surface area contributed by atoms with Crippen LogP contribution in [0.2, 0.25) is 5.02 Å². The number of likely N-dealkylation sites (N-methyl/N-ethyl adjacent to an activating group) is 1. The zero-order valence-electron chi connectivity index (χ0n) is 8.61. The summed E-state index contributed by atoms with van der Waals surface area (Å²) in [4.78, 5) is 0. The fourth-order valence-electron chi connectivity index (χ4n) is 1.22. The van der Waals surface area contributed by atoms with Crippen LogP contribution in [0.3, 0.4) is 0 Å². The molecule has 1 N–H and O–H groups in total. The van der Waals surface area contributed by atoms with Gasteiger partial charge in [0.25, 0.3) is 0 Å². The van der Waals surface area contributed by atoms with Gasteiger partial charge in [-0.25, -0.2) is 0 Å². The van der Waals surface area contributed by atoms with Crippen LogP contribution in [0, 0.1) is 0 Å². The third-order valence-corrected chi connectivity index (χ3v) is 2.18. The van der Waals surface area contributed by atoms with Gasteiger partial charge in [0.1, 0.15) is 0 Å². The van der Waals surface area contributed by atoms with Crippen LogP contribution >= 0.6 is 11.6 Å². The summed E-state index contributed by atoms with van der Waals surface area (Å²) in [5, 5.41) is 2.89. The van der Waals surface area contributed by atoms with Gasteiger partial charge in [0, 0.05) is 11.6 Å². The summed E-state index contributed by atoms with van der Waals surface area (Å²) < 4.78 is 37.9. The van der Waals surface area contributed by atoms with Gasteiger partial charge in [-0.2, -0.15) is 13.2 Å². The van der Waals surface area contributed by atoms with Gasteiger partial charge in [-0.1, -0.05) is 29.8 Å². The minimum atomic E-state index is -4.38. The highest BCUT2D eigenvalue weighted by Crippen LogP contribution is 2.34. The Bertz CT molecular complexity index is 385. The van der Waals surface area contributed by atoms with Crippen molar-refractivity contribution in [3.05, 3.63) is 40.4 Å². The van der Waals surface area contributed by atoms with Crippen LogP contribution in [-0.2, 0) is 6.18 Å². The van der Waals surface area contributed by atoms with Gasteiger partial charge in [0.05, 0.1) is 5.56 Å². The molecule has 0 heterocycles. The van der Waals surface area contributed by atoms with E-state index in [-0.39, 0.29) is 10.6 Å². The van der Waals surface area contributed by atoms with Gasteiger partial charge in [-0.3, -0.25) is 0 Å². The molecule has 0 aliphatic heterocycles. The average molecular weight is 250 g/mol. The molecule has 0 saturated carbocycles. The van der Waals surface area contributed by atoms with Crippen molar-refractivity contribution in [2.75, 3.05) is 13.6 Å². The maximum absolute atomic E-state index is 12.6. The molecule has 1 aromatic rings. The second-order valence-electron chi connectivity index (χ2n) is 3.19. The molecule has 5 heteroatoms. The summed E-state index contributed by atoms with van der Waals surface area (Å²) in [6.45, 7) is 0.514. The van der Waals surface area contributed by atoms with Crippen molar-refractivity contribution >= 4 is 17.7 Å². The van der Waals surface area contributed by atoms with Crippen LogP contribution in [0.1, 0.15) is 11.1 Å². The molecule has 1 rings (SSSR count). The summed E-state index contributed by atoms with van der Waals surface area (Å²) in [6.07, 6.45) is -1.33. The Hall–Kier alpha value is -1.00. The van der Waals surface area contributed by atoms with E-state index >= 15 is 0 Å². The molecule has 0 unspecified atom stereocenters. The van der Waals surface area contributed by atoms with Crippen molar-refractivity contribution in [1.82, 2.24) is 5.32 Å². The topological polar surface area (TPSA) is 12.0 Å². The lowest BCUT2D eigenvalue weighted by Crippen LogP contribution is -2.08. The monoisotopic (exact) mass is 249 g/mol. The van der Waals surface area contributed by atoms with Gasteiger partial charge in [0.15, 0.2) is 0 Å². The summed E-state index contributed by atoms with van der Waals surface area (Å²) in [6, 6.07) is 3.73. The van der Waals surface area contributed by atoms with E-state index in [1.54, 1.807) is 13.1 Å². The number of benzene rings is 1. The van der Waals surface area contributed by atoms with Crippen molar-refractivity contribution in [2.24, 2.45) is 0 Å². The van der Waals surface area contributed by atoms with Crippen molar-refractivity contribution < 1.29 is 13.2 Å². The number of hydrogen-bond acceptors (Lipinski definition) is 1. The summed E-state index contributed by atoms with van der Waals surface area (Å²) >= 11 is 5.55. The van der Waals surface area contributed by atoms with Crippen LogP contribution in [0.5, 0.6) is 0 Å². The predicted octanol–water partition coefficient (Wildman–Crippen LogP) is 3.59. The lowest BCUT2D eigenvalue weighted by molar-refractivity contribution is -0.137. The molecule has 0 fully saturated rings. The molecule has 0 radical (unpaired) electrons. The van der Waals surface area contributed by atoms with E-state index in [0.29, 0.717) is 6.54 Å². The minimum absolute atomic E-state index is 0.0816. The van der Waals surface area contributed by atoms with Crippen LogP contribution in [-0.4, -0.2) is 13.6 Å². The first-order valence-corrected chi connectivity index (χ1v) is 5.01. The number of halogens is 4. The Morgan fingerprint density at radius 2 is 2.06 bits per heavy atom. The summed E-state index contributed by atoms with van der Waals surface area (Å²) in [7, 11) is 1.72. The van der Waals surface area contributed by atoms with E-state index in [9.17, 15) is 13.2 Å². The Morgan fingerprint density at radius 3 is 2.62 bits per heavy atom. The van der Waals surface area contributed by atoms with Gasteiger partial charge < -0.3 is 5.32 Å². The lowest BCUT2D eigenvalue weighted by atomic mass is 10.1. The molecule has 0 saturated heterocycles. The molecule has 0 aromatic heterocycles. The van der Waals surface area contributed by atoms with Crippen molar-refractivity contribution in [3.63, 3.8) is 0 Å². The first-order valence-electron chi connectivity index (χ1n) is 4.63. The van der Waals surface area contributed by atoms with E-state index in [4.69, 9.17) is 11.6 Å². The molecular weight excluding hydrogens is 239 g/mol. The second-order valence-corrected chi connectivity index (χ2v) is 3.63. The fraction of sp³-hybridized carbons (Fsp3) is 0.273. The van der Waals surface area contributed by atoms with Gasteiger partial charge >= 0.3 is 6.18 Å². The highest BCUT2D eigenvalue weighted by atomic mass is 35.5. The lowest BCUT2D eigenvalue weighted by Gasteiger charge is -2.10. The molecule has 1 aromatic carbocycles. The minimum Gasteiger partial charge on any atom is -0.316 e. The number of hydrogen-bond donors (Lipinski definition) is 1. The Kier molecular flexibility index (Phi) is 4.38. The summed E-state index contributed by atoms with van der Waals surface area (Å²) in [5.41, 5.74) is -0.598. The van der Waals surface area contributed by atoms with Crippen LogP contribution in [0.4, 0.5) is 13.2 Å². The van der Waals surface area contributed by atoms with Gasteiger partial charge in [-0.05, 0) is 24.7 Å². The Morgan fingerprint density at radius 1 is 1.38 bits per heavy atom. The molecular formula is C11H11ClF3N. The first kappa shape index (κ1) is 13.1. The molecule has 0 aliphatic carbocycles. The van der Waals surface area contributed by atoms with Crippen LogP contribution in [0.15, 0.2) is 24.3 Å². The average Bonchev–Trinajstić information content (AvgIpc) is 2.19. The SMILES string of the molecule is CNCC=Cc1ccc(Cl)cc1C(F)(F)F. The molecule has 0 bridgehead atoms. The number of rotatable bonds is 3. The van der Waals surface area contributed by atoms with E-state index in [1.807, 2.05) is 0 Å². The van der Waals surface area contributed by atoms with E-state index in [2.05, 4.69) is 5.32 Å². The Labute approximate surface area is 96.9 Å². The van der Waals surface area contributed by atoms with Gasteiger partial charge in [-0.15, -0.1) is 0 Å². The zero-order valence-corrected chi connectivity index (χ0v) is 9.36. The zero-order chi connectivity index (χ0) is 12.2. The molecule has 88 valence electrons. The van der Waals surface area contributed by atoms with Crippen molar-refractivity contribution in [1.29, 1.82) is 0 Å². The highest BCUT2D eigenvalue weighted by molar-refractivity contribution is 6.30. The summed E-state index contributed by atoms with van der Waals surface area (Å²) in [5.74, 6) is 0. The molecule has 0 atom stereocenters. The first-order chi connectivity index (χ1) is 7.45. The predicted molar refractivity (Wildman–Crippen MR) is 59.4 cm³/mol.